The number of benzene rings is 2. The van der Waals surface area contributed by atoms with Crippen molar-refractivity contribution < 1.29 is 0 Å². The second-order valence-electron chi connectivity index (χ2n) is 5.36. The van der Waals surface area contributed by atoms with E-state index in [-0.39, 0.29) is 0 Å². The molecule has 0 aliphatic carbocycles. The molecule has 0 amide bonds. The molecule has 0 aliphatic rings. The van der Waals surface area contributed by atoms with Gasteiger partial charge in [0.1, 0.15) is 0 Å². The molecule has 0 fully saturated rings. The lowest BCUT2D eigenvalue weighted by Gasteiger charge is -2.26. The Morgan fingerprint density at radius 3 is 2.48 bits per heavy atom. The van der Waals surface area contributed by atoms with Crippen LogP contribution < -0.4 is 5.32 Å². The molecule has 0 bridgehead atoms. The van der Waals surface area contributed by atoms with Crippen molar-refractivity contribution in [3.8, 4) is 0 Å². The third-order valence-electron chi connectivity index (χ3n) is 3.71. The summed E-state index contributed by atoms with van der Waals surface area (Å²) in [6.45, 7) is 5.38. The second-order valence-corrected chi connectivity index (χ2v) is 6.69. The molecule has 2 aromatic rings. The molecule has 2 unspecified atom stereocenters. The number of rotatable bonds is 6. The highest BCUT2D eigenvalue weighted by molar-refractivity contribution is 9.10. The zero-order valence-electron chi connectivity index (χ0n) is 12.4. The molecule has 0 saturated heterocycles. The van der Waals surface area contributed by atoms with Crippen LogP contribution in [0.4, 0.5) is 0 Å². The Morgan fingerprint density at radius 1 is 1.14 bits per heavy atom. The van der Waals surface area contributed by atoms with Gasteiger partial charge in [-0.1, -0.05) is 77.8 Å². The van der Waals surface area contributed by atoms with Crippen LogP contribution in [-0.4, -0.2) is 6.54 Å². The van der Waals surface area contributed by atoms with Gasteiger partial charge in [-0.05, 0) is 42.1 Å². The van der Waals surface area contributed by atoms with Crippen molar-refractivity contribution >= 4 is 27.5 Å². The van der Waals surface area contributed by atoms with Gasteiger partial charge >= 0.3 is 0 Å². The van der Waals surface area contributed by atoms with Crippen LogP contribution in [0.15, 0.2) is 53.0 Å². The highest BCUT2D eigenvalue weighted by Crippen LogP contribution is 2.29. The minimum Gasteiger partial charge on any atom is -0.310 e. The summed E-state index contributed by atoms with van der Waals surface area (Å²) < 4.78 is 1.02. The minimum absolute atomic E-state index is 0.343. The van der Waals surface area contributed by atoms with Gasteiger partial charge in [0, 0.05) is 15.5 Å². The molecule has 2 aromatic carbocycles. The lowest BCUT2D eigenvalue weighted by atomic mass is 9.89. The first-order chi connectivity index (χ1) is 10.1. The Hall–Kier alpha value is -0.830. The molecule has 0 saturated carbocycles. The van der Waals surface area contributed by atoms with E-state index < -0.39 is 0 Å². The average molecular weight is 367 g/mol. The zero-order valence-corrected chi connectivity index (χ0v) is 14.8. The minimum atomic E-state index is 0.343. The summed E-state index contributed by atoms with van der Waals surface area (Å²) in [7, 11) is 0. The molecular weight excluding hydrogens is 346 g/mol. The van der Waals surface area contributed by atoms with Crippen LogP contribution in [0.1, 0.15) is 31.0 Å². The van der Waals surface area contributed by atoms with Gasteiger partial charge in [0.25, 0.3) is 0 Å². The summed E-state index contributed by atoms with van der Waals surface area (Å²) in [4.78, 5) is 0. The molecule has 112 valence electrons. The first-order valence-corrected chi connectivity index (χ1v) is 8.51. The molecule has 1 nitrogen and oxygen atoms in total. The second kappa shape index (κ2) is 7.98. The van der Waals surface area contributed by atoms with Crippen LogP contribution in [0.2, 0.25) is 5.02 Å². The van der Waals surface area contributed by atoms with Crippen LogP contribution in [-0.2, 0) is 6.42 Å². The van der Waals surface area contributed by atoms with Gasteiger partial charge in [-0.15, -0.1) is 0 Å². The van der Waals surface area contributed by atoms with Crippen molar-refractivity contribution in [2.24, 2.45) is 5.92 Å². The molecule has 0 aromatic heterocycles. The van der Waals surface area contributed by atoms with Gasteiger partial charge in [0.2, 0.25) is 0 Å². The topological polar surface area (TPSA) is 12.0 Å². The summed E-state index contributed by atoms with van der Waals surface area (Å²) in [5, 5.41) is 4.43. The van der Waals surface area contributed by atoms with Crippen LogP contribution in [0, 0.1) is 5.92 Å². The Labute approximate surface area is 140 Å². The van der Waals surface area contributed by atoms with Crippen molar-refractivity contribution in [3.63, 3.8) is 0 Å². The smallest absolute Gasteiger partial charge is 0.0449 e. The van der Waals surface area contributed by atoms with E-state index in [0.717, 1.165) is 22.5 Å². The highest BCUT2D eigenvalue weighted by Gasteiger charge is 2.19. The monoisotopic (exact) mass is 365 g/mol. The molecule has 0 heterocycles. The Bertz CT molecular complexity index is 571. The van der Waals surface area contributed by atoms with Crippen molar-refractivity contribution in [2.45, 2.75) is 26.3 Å². The summed E-state index contributed by atoms with van der Waals surface area (Å²) in [5.74, 6) is 0.464. The van der Waals surface area contributed by atoms with Crippen LogP contribution in [0.5, 0.6) is 0 Å². The maximum absolute atomic E-state index is 6.35. The van der Waals surface area contributed by atoms with Crippen LogP contribution in [0.25, 0.3) is 0 Å². The average Bonchev–Trinajstić information content (AvgIpc) is 2.48. The molecule has 21 heavy (non-hydrogen) atoms. The first-order valence-electron chi connectivity index (χ1n) is 7.34. The van der Waals surface area contributed by atoms with Gasteiger partial charge in [0.15, 0.2) is 0 Å². The lowest BCUT2D eigenvalue weighted by molar-refractivity contribution is 0.391. The van der Waals surface area contributed by atoms with Crippen LogP contribution in [0.3, 0.4) is 0 Å². The van der Waals surface area contributed by atoms with E-state index in [1.54, 1.807) is 0 Å². The van der Waals surface area contributed by atoms with Crippen molar-refractivity contribution in [1.82, 2.24) is 5.32 Å². The fourth-order valence-corrected chi connectivity index (χ4v) is 3.43. The Balaban J connectivity index is 2.17. The van der Waals surface area contributed by atoms with Crippen LogP contribution >= 0.6 is 27.5 Å². The van der Waals surface area contributed by atoms with E-state index in [9.17, 15) is 0 Å². The number of nitrogens with one attached hydrogen (secondary N) is 1. The fourth-order valence-electron chi connectivity index (χ4n) is 2.68. The van der Waals surface area contributed by atoms with Gasteiger partial charge in [-0.25, -0.2) is 0 Å². The predicted octanol–water partition coefficient (Wildman–Crippen LogP) is 5.63. The third kappa shape index (κ3) is 4.57. The fraction of sp³-hybridized carbons (Fsp3) is 0.333. The predicted molar refractivity (Wildman–Crippen MR) is 94.9 cm³/mol. The van der Waals surface area contributed by atoms with Gasteiger partial charge in [-0.2, -0.15) is 0 Å². The summed E-state index contributed by atoms with van der Waals surface area (Å²) in [6, 6.07) is 17.1. The van der Waals surface area contributed by atoms with Crippen molar-refractivity contribution in [3.05, 3.63) is 69.2 Å². The van der Waals surface area contributed by atoms with Gasteiger partial charge in [-0.3, -0.25) is 0 Å². The lowest BCUT2D eigenvalue weighted by Crippen LogP contribution is -2.28. The maximum atomic E-state index is 6.35. The number of hydrogen-bond donors (Lipinski definition) is 1. The summed E-state index contributed by atoms with van der Waals surface area (Å²) in [5.41, 5.74) is 2.53. The van der Waals surface area contributed by atoms with E-state index >= 15 is 0 Å². The normalized spacial score (nSPS) is 13.9. The number of halogens is 2. The summed E-state index contributed by atoms with van der Waals surface area (Å²) in [6.07, 6.45) is 0.957. The van der Waals surface area contributed by atoms with Gasteiger partial charge in [0.05, 0.1) is 0 Å². The SMILES string of the molecule is CCNC(c1ccccc1)C(C)Cc1ccc(Br)cc1Cl. The molecule has 0 aliphatic heterocycles. The first kappa shape index (κ1) is 16.5. The molecule has 1 N–H and O–H groups in total. The third-order valence-corrected chi connectivity index (χ3v) is 4.55. The van der Waals surface area contributed by atoms with Crippen molar-refractivity contribution in [1.29, 1.82) is 0 Å². The zero-order chi connectivity index (χ0) is 15.2. The Kier molecular flexibility index (Phi) is 6.28. The maximum Gasteiger partial charge on any atom is 0.0449 e. The van der Waals surface area contributed by atoms with E-state index in [0.29, 0.717) is 12.0 Å². The molecule has 0 radical (unpaired) electrons. The van der Waals surface area contributed by atoms with Gasteiger partial charge < -0.3 is 5.32 Å². The number of hydrogen-bond acceptors (Lipinski definition) is 1. The highest BCUT2D eigenvalue weighted by atomic mass is 79.9. The molecular formula is C18H21BrClN. The quantitative estimate of drug-likeness (QED) is 0.698. The molecule has 0 spiro atoms. The van der Waals surface area contributed by atoms with E-state index in [1.165, 1.54) is 11.1 Å². The molecule has 2 atom stereocenters. The molecule has 3 heteroatoms. The Morgan fingerprint density at radius 2 is 1.86 bits per heavy atom. The summed E-state index contributed by atoms with van der Waals surface area (Å²) >= 11 is 9.81. The van der Waals surface area contributed by atoms with E-state index in [2.05, 4.69) is 77.6 Å². The largest absolute Gasteiger partial charge is 0.310 e. The van der Waals surface area contributed by atoms with Crippen molar-refractivity contribution in [2.75, 3.05) is 6.54 Å². The standard InChI is InChI=1S/C18H21BrClN/c1-3-21-18(14-7-5-4-6-8-14)13(2)11-15-9-10-16(19)12-17(15)20/h4-10,12-13,18,21H,3,11H2,1-2H3. The molecule has 2 rings (SSSR count). The van der Waals surface area contributed by atoms with E-state index in [4.69, 9.17) is 11.6 Å². The van der Waals surface area contributed by atoms with E-state index in [1.807, 2.05) is 6.07 Å².